The summed E-state index contributed by atoms with van der Waals surface area (Å²) < 4.78 is 2.86. The second-order valence-electron chi connectivity index (χ2n) is 3.59. The van der Waals surface area contributed by atoms with E-state index in [0.29, 0.717) is 4.77 Å². The van der Waals surface area contributed by atoms with Gasteiger partial charge in [-0.05, 0) is 37.7 Å². The van der Waals surface area contributed by atoms with Crippen LogP contribution in [-0.2, 0) is 11.8 Å². The summed E-state index contributed by atoms with van der Waals surface area (Å²) in [6.45, 7) is 2.25. The highest BCUT2D eigenvalue weighted by atomic mass is 32.2. The SMILES string of the molecule is Cn1c(C2(C)CCCS2)n[nH]c1=S. The lowest BCUT2D eigenvalue weighted by Crippen LogP contribution is -2.18. The lowest BCUT2D eigenvalue weighted by Gasteiger charge is -2.20. The minimum Gasteiger partial charge on any atom is -0.306 e. The van der Waals surface area contributed by atoms with Crippen LogP contribution in [0.25, 0.3) is 0 Å². The average molecular weight is 215 g/mol. The van der Waals surface area contributed by atoms with E-state index in [9.17, 15) is 0 Å². The molecule has 1 atom stereocenters. The Morgan fingerprint density at radius 2 is 2.46 bits per heavy atom. The second kappa shape index (κ2) is 3.13. The molecule has 72 valence electrons. The van der Waals surface area contributed by atoms with Crippen molar-refractivity contribution in [3.05, 3.63) is 10.6 Å². The fraction of sp³-hybridized carbons (Fsp3) is 0.750. The van der Waals surface area contributed by atoms with Crippen molar-refractivity contribution < 1.29 is 0 Å². The van der Waals surface area contributed by atoms with Crippen molar-refractivity contribution in [2.75, 3.05) is 5.75 Å². The standard InChI is InChI=1S/C8H13N3S2/c1-8(4-3-5-13-8)6-9-10-7(12)11(6)2/h3-5H2,1-2H3,(H,10,12). The zero-order valence-corrected chi connectivity index (χ0v) is 9.47. The van der Waals surface area contributed by atoms with Crippen LogP contribution in [0.2, 0.25) is 0 Å². The molecule has 1 aromatic rings. The van der Waals surface area contributed by atoms with Crippen LogP contribution in [0, 0.1) is 4.77 Å². The minimum atomic E-state index is 0.169. The molecule has 0 aromatic carbocycles. The Hall–Kier alpha value is -0.290. The summed E-state index contributed by atoms with van der Waals surface area (Å²) in [7, 11) is 1.98. The van der Waals surface area contributed by atoms with E-state index in [1.807, 2.05) is 23.4 Å². The van der Waals surface area contributed by atoms with Gasteiger partial charge in [-0.15, -0.1) is 11.8 Å². The van der Waals surface area contributed by atoms with E-state index < -0.39 is 0 Å². The monoisotopic (exact) mass is 215 g/mol. The second-order valence-corrected chi connectivity index (χ2v) is 5.58. The van der Waals surface area contributed by atoms with Gasteiger partial charge in [0.1, 0.15) is 5.82 Å². The quantitative estimate of drug-likeness (QED) is 0.729. The number of H-pyrrole nitrogens is 1. The summed E-state index contributed by atoms with van der Waals surface area (Å²) in [6, 6.07) is 0. The first-order valence-electron chi connectivity index (χ1n) is 4.39. The van der Waals surface area contributed by atoms with Gasteiger partial charge >= 0.3 is 0 Å². The molecule has 1 aromatic heterocycles. The number of nitrogens with zero attached hydrogens (tertiary/aromatic N) is 2. The molecule has 1 aliphatic heterocycles. The van der Waals surface area contributed by atoms with Gasteiger partial charge in [-0.2, -0.15) is 5.10 Å². The van der Waals surface area contributed by atoms with Crippen LogP contribution >= 0.6 is 24.0 Å². The lowest BCUT2D eigenvalue weighted by molar-refractivity contribution is 0.576. The van der Waals surface area contributed by atoms with Gasteiger partial charge in [-0.25, -0.2) is 0 Å². The Balaban J connectivity index is 2.44. The third-order valence-corrected chi connectivity index (χ3v) is 4.45. The van der Waals surface area contributed by atoms with Crippen LogP contribution in [0.4, 0.5) is 0 Å². The molecule has 1 aliphatic rings. The summed E-state index contributed by atoms with van der Waals surface area (Å²) in [6.07, 6.45) is 2.48. The molecule has 3 nitrogen and oxygen atoms in total. The third-order valence-electron chi connectivity index (χ3n) is 2.57. The van der Waals surface area contributed by atoms with Crippen LogP contribution in [0.15, 0.2) is 0 Å². The van der Waals surface area contributed by atoms with Gasteiger partial charge in [0, 0.05) is 7.05 Å². The molecule has 1 saturated heterocycles. The molecule has 2 rings (SSSR count). The molecular formula is C8H13N3S2. The Morgan fingerprint density at radius 3 is 2.92 bits per heavy atom. The van der Waals surface area contributed by atoms with Gasteiger partial charge in [-0.1, -0.05) is 0 Å². The van der Waals surface area contributed by atoms with Crippen molar-refractivity contribution in [1.29, 1.82) is 0 Å². The molecule has 0 spiro atoms. The van der Waals surface area contributed by atoms with Crippen molar-refractivity contribution in [2.45, 2.75) is 24.5 Å². The molecule has 0 saturated carbocycles. The molecule has 1 unspecified atom stereocenters. The van der Waals surface area contributed by atoms with Crippen LogP contribution in [-0.4, -0.2) is 20.5 Å². The summed E-state index contributed by atoms with van der Waals surface area (Å²) in [5.74, 6) is 2.32. The fourth-order valence-corrected chi connectivity index (χ4v) is 3.25. The third kappa shape index (κ3) is 1.44. The molecular weight excluding hydrogens is 202 g/mol. The highest BCUT2D eigenvalue weighted by Crippen LogP contribution is 2.44. The maximum atomic E-state index is 5.09. The van der Waals surface area contributed by atoms with Crippen molar-refractivity contribution in [3.8, 4) is 0 Å². The molecule has 1 N–H and O–H groups in total. The van der Waals surface area contributed by atoms with E-state index in [-0.39, 0.29) is 4.75 Å². The van der Waals surface area contributed by atoms with E-state index in [4.69, 9.17) is 12.2 Å². The van der Waals surface area contributed by atoms with E-state index in [1.54, 1.807) is 0 Å². The van der Waals surface area contributed by atoms with E-state index in [1.165, 1.54) is 18.6 Å². The summed E-state index contributed by atoms with van der Waals surface area (Å²) >= 11 is 7.07. The summed E-state index contributed by atoms with van der Waals surface area (Å²) in [4.78, 5) is 0. The first-order valence-corrected chi connectivity index (χ1v) is 5.79. The molecule has 0 aliphatic carbocycles. The maximum absolute atomic E-state index is 5.09. The van der Waals surface area contributed by atoms with Crippen LogP contribution in [0.3, 0.4) is 0 Å². The van der Waals surface area contributed by atoms with Crippen molar-refractivity contribution >= 4 is 24.0 Å². The molecule has 0 amide bonds. The van der Waals surface area contributed by atoms with Crippen LogP contribution in [0.5, 0.6) is 0 Å². The topological polar surface area (TPSA) is 33.6 Å². The Labute approximate surface area is 86.9 Å². The summed E-state index contributed by atoms with van der Waals surface area (Å²) in [5.41, 5.74) is 0. The van der Waals surface area contributed by atoms with Gasteiger partial charge in [0.15, 0.2) is 4.77 Å². The highest BCUT2D eigenvalue weighted by Gasteiger charge is 2.35. The highest BCUT2D eigenvalue weighted by molar-refractivity contribution is 8.00. The largest absolute Gasteiger partial charge is 0.306 e. The zero-order valence-electron chi connectivity index (χ0n) is 7.83. The van der Waals surface area contributed by atoms with Gasteiger partial charge in [0.05, 0.1) is 4.75 Å². The van der Waals surface area contributed by atoms with Crippen molar-refractivity contribution in [2.24, 2.45) is 7.05 Å². The molecule has 0 bridgehead atoms. The first kappa shape index (κ1) is 9.27. The predicted octanol–water partition coefficient (Wildman–Crippen LogP) is 2.22. The smallest absolute Gasteiger partial charge is 0.194 e. The maximum Gasteiger partial charge on any atom is 0.194 e. The number of thioether (sulfide) groups is 1. The molecule has 5 heteroatoms. The van der Waals surface area contributed by atoms with E-state index >= 15 is 0 Å². The van der Waals surface area contributed by atoms with E-state index in [2.05, 4.69) is 17.1 Å². The number of hydrogen-bond donors (Lipinski definition) is 1. The Kier molecular flexibility index (Phi) is 2.23. The molecule has 2 heterocycles. The van der Waals surface area contributed by atoms with Crippen molar-refractivity contribution in [3.63, 3.8) is 0 Å². The van der Waals surface area contributed by atoms with Gasteiger partial charge in [0.2, 0.25) is 0 Å². The number of aromatic nitrogens is 3. The number of aromatic amines is 1. The number of nitrogens with one attached hydrogen (secondary N) is 1. The number of hydrogen-bond acceptors (Lipinski definition) is 3. The normalized spacial score (nSPS) is 28.2. The van der Waals surface area contributed by atoms with Crippen LogP contribution in [0.1, 0.15) is 25.6 Å². The number of rotatable bonds is 1. The first-order chi connectivity index (χ1) is 6.13. The van der Waals surface area contributed by atoms with Crippen LogP contribution < -0.4 is 0 Å². The molecule has 0 radical (unpaired) electrons. The summed E-state index contributed by atoms with van der Waals surface area (Å²) in [5, 5.41) is 7.14. The van der Waals surface area contributed by atoms with Gasteiger partial charge in [0.25, 0.3) is 0 Å². The lowest BCUT2D eigenvalue weighted by atomic mass is 10.1. The predicted molar refractivity (Wildman–Crippen MR) is 57.4 cm³/mol. The minimum absolute atomic E-state index is 0.169. The molecule has 1 fully saturated rings. The molecule has 13 heavy (non-hydrogen) atoms. The average Bonchev–Trinajstić information content (AvgIpc) is 2.63. The van der Waals surface area contributed by atoms with Gasteiger partial charge < -0.3 is 4.57 Å². The Bertz CT molecular complexity index is 360. The Morgan fingerprint density at radius 1 is 1.69 bits per heavy atom. The van der Waals surface area contributed by atoms with Crippen molar-refractivity contribution in [1.82, 2.24) is 14.8 Å². The zero-order chi connectivity index (χ0) is 9.47. The van der Waals surface area contributed by atoms with E-state index in [0.717, 1.165) is 5.82 Å². The fourth-order valence-electron chi connectivity index (χ4n) is 1.78. The van der Waals surface area contributed by atoms with Gasteiger partial charge in [-0.3, -0.25) is 5.10 Å².